The van der Waals surface area contributed by atoms with Gasteiger partial charge >= 0.3 is 0 Å². The van der Waals surface area contributed by atoms with Gasteiger partial charge in [0.1, 0.15) is 6.17 Å². The lowest BCUT2D eigenvalue weighted by Gasteiger charge is -2.33. The number of hydrogen-bond donors (Lipinski definition) is 0. The van der Waals surface area contributed by atoms with Crippen LogP contribution in [0, 0.1) is 0 Å². The third kappa shape index (κ3) is 8.41. The fraction of sp³-hybridized carbons (Fsp3) is 0.680. The van der Waals surface area contributed by atoms with Gasteiger partial charge in [0.25, 0.3) is 0 Å². The lowest BCUT2D eigenvalue weighted by atomic mass is 10.1. The Kier molecular flexibility index (Phi) is 11.1. The third-order valence-corrected chi connectivity index (χ3v) is 5.77. The first kappa shape index (κ1) is 21.9. The highest BCUT2D eigenvalue weighted by Gasteiger charge is 2.25. The van der Waals surface area contributed by atoms with E-state index in [0.29, 0.717) is 6.17 Å². The van der Waals surface area contributed by atoms with Gasteiger partial charge < -0.3 is 9.80 Å². The Bertz CT molecular complexity index is 496. The first-order valence-corrected chi connectivity index (χ1v) is 11.6. The topological polar surface area (TPSA) is 6.48 Å². The number of rotatable bonds is 15. The summed E-state index contributed by atoms with van der Waals surface area (Å²) in [7, 11) is 0. The van der Waals surface area contributed by atoms with Gasteiger partial charge in [-0.15, -0.1) is 0 Å². The van der Waals surface area contributed by atoms with E-state index in [1.54, 1.807) is 0 Å². The van der Waals surface area contributed by atoms with Crippen LogP contribution in [0.4, 0.5) is 0 Å². The Balaban J connectivity index is 1.79. The molecule has 2 rings (SSSR count). The standard InChI is InChI=1S/C25H42N2/c1-3-5-7-9-10-11-16-20-27-22-21-26(19-15-8-6-4-2)25(27)23-24-17-13-12-14-18-24/h12-14,17-18,21-22,25H,3-11,15-16,19-20,23H2,1-2H3. The Morgan fingerprint density at radius 3 is 1.67 bits per heavy atom. The van der Waals surface area contributed by atoms with E-state index in [2.05, 4.69) is 66.4 Å². The zero-order valence-corrected chi connectivity index (χ0v) is 17.9. The van der Waals surface area contributed by atoms with Crippen LogP contribution in [-0.2, 0) is 6.42 Å². The van der Waals surface area contributed by atoms with Crippen molar-refractivity contribution in [2.75, 3.05) is 13.1 Å². The Morgan fingerprint density at radius 2 is 1.11 bits per heavy atom. The van der Waals surface area contributed by atoms with E-state index < -0.39 is 0 Å². The first-order valence-electron chi connectivity index (χ1n) is 11.6. The fourth-order valence-corrected chi connectivity index (χ4v) is 4.04. The molecule has 27 heavy (non-hydrogen) atoms. The summed E-state index contributed by atoms with van der Waals surface area (Å²) in [5.74, 6) is 0. The number of hydrogen-bond acceptors (Lipinski definition) is 2. The molecule has 1 atom stereocenters. The maximum atomic E-state index is 2.60. The molecule has 2 nitrogen and oxygen atoms in total. The van der Waals surface area contributed by atoms with Crippen LogP contribution < -0.4 is 0 Å². The molecule has 1 aliphatic heterocycles. The van der Waals surface area contributed by atoms with Crippen molar-refractivity contribution in [2.45, 2.75) is 97.1 Å². The predicted octanol–water partition coefficient (Wildman–Crippen LogP) is 6.97. The molecule has 2 heteroatoms. The average Bonchev–Trinajstić information content (AvgIpc) is 3.07. The lowest BCUT2D eigenvalue weighted by molar-refractivity contribution is 0.148. The molecular weight excluding hydrogens is 328 g/mol. The molecular formula is C25H42N2. The van der Waals surface area contributed by atoms with Gasteiger partial charge in [0.05, 0.1) is 0 Å². The van der Waals surface area contributed by atoms with Gasteiger partial charge in [-0.25, -0.2) is 0 Å². The van der Waals surface area contributed by atoms with Crippen molar-refractivity contribution in [2.24, 2.45) is 0 Å². The summed E-state index contributed by atoms with van der Waals surface area (Å²) in [6.45, 7) is 6.98. The normalized spacial score (nSPS) is 16.4. The van der Waals surface area contributed by atoms with Crippen LogP contribution in [0.5, 0.6) is 0 Å². The molecule has 0 spiro atoms. The third-order valence-electron chi connectivity index (χ3n) is 5.77. The van der Waals surface area contributed by atoms with Crippen molar-refractivity contribution < 1.29 is 0 Å². The minimum absolute atomic E-state index is 0.508. The van der Waals surface area contributed by atoms with Crippen LogP contribution in [-0.4, -0.2) is 29.1 Å². The van der Waals surface area contributed by atoms with Crippen LogP contribution in [0.3, 0.4) is 0 Å². The molecule has 0 fully saturated rings. The van der Waals surface area contributed by atoms with Gasteiger partial charge in [-0.05, 0) is 18.4 Å². The SMILES string of the molecule is CCCCCCCCCN1C=CN(CCCCCC)C1Cc1ccccc1. The van der Waals surface area contributed by atoms with E-state index in [1.807, 2.05) is 0 Å². The second-order valence-electron chi connectivity index (χ2n) is 8.13. The summed E-state index contributed by atoms with van der Waals surface area (Å²) >= 11 is 0. The van der Waals surface area contributed by atoms with Crippen molar-refractivity contribution in [3.8, 4) is 0 Å². The molecule has 0 aromatic heterocycles. The zero-order valence-electron chi connectivity index (χ0n) is 17.9. The van der Waals surface area contributed by atoms with Gasteiger partial charge in [0, 0.05) is 31.9 Å². The van der Waals surface area contributed by atoms with Gasteiger partial charge in [-0.3, -0.25) is 0 Å². The van der Waals surface area contributed by atoms with Crippen molar-refractivity contribution in [1.29, 1.82) is 0 Å². The summed E-state index contributed by atoms with van der Waals surface area (Å²) in [6, 6.07) is 11.0. The highest BCUT2D eigenvalue weighted by atomic mass is 15.4. The summed E-state index contributed by atoms with van der Waals surface area (Å²) < 4.78 is 0. The molecule has 1 heterocycles. The van der Waals surface area contributed by atoms with E-state index >= 15 is 0 Å². The van der Waals surface area contributed by atoms with Crippen LogP contribution in [0.2, 0.25) is 0 Å². The summed E-state index contributed by atoms with van der Waals surface area (Å²) in [5, 5.41) is 0. The van der Waals surface area contributed by atoms with Crippen molar-refractivity contribution in [1.82, 2.24) is 9.80 Å². The zero-order chi connectivity index (χ0) is 19.2. The molecule has 0 N–H and O–H groups in total. The van der Waals surface area contributed by atoms with Crippen molar-refractivity contribution in [3.05, 3.63) is 48.3 Å². The quantitative estimate of drug-likeness (QED) is 0.307. The highest BCUT2D eigenvalue weighted by Crippen LogP contribution is 2.22. The van der Waals surface area contributed by atoms with Crippen LogP contribution in [0.25, 0.3) is 0 Å². The Hall–Kier alpha value is -1.44. The largest absolute Gasteiger partial charge is 0.356 e. The van der Waals surface area contributed by atoms with Gasteiger partial charge in [-0.1, -0.05) is 102 Å². The number of nitrogens with zero attached hydrogens (tertiary/aromatic N) is 2. The molecule has 1 aromatic carbocycles. The van der Waals surface area contributed by atoms with Crippen molar-refractivity contribution >= 4 is 0 Å². The molecule has 0 amide bonds. The first-order chi connectivity index (χ1) is 13.3. The molecule has 152 valence electrons. The second-order valence-corrected chi connectivity index (χ2v) is 8.13. The van der Waals surface area contributed by atoms with Crippen molar-refractivity contribution in [3.63, 3.8) is 0 Å². The molecule has 1 unspecified atom stereocenters. The van der Waals surface area contributed by atoms with Gasteiger partial charge in [0.15, 0.2) is 0 Å². The van der Waals surface area contributed by atoms with Crippen LogP contribution in [0.1, 0.15) is 90.0 Å². The number of benzene rings is 1. The molecule has 1 aliphatic rings. The minimum atomic E-state index is 0.508. The molecule has 0 aliphatic carbocycles. The lowest BCUT2D eigenvalue weighted by Crippen LogP contribution is -2.41. The highest BCUT2D eigenvalue weighted by molar-refractivity contribution is 5.17. The van der Waals surface area contributed by atoms with Crippen LogP contribution >= 0.6 is 0 Å². The molecule has 0 saturated heterocycles. The van der Waals surface area contributed by atoms with Crippen LogP contribution in [0.15, 0.2) is 42.7 Å². The monoisotopic (exact) mass is 370 g/mol. The van der Waals surface area contributed by atoms with Gasteiger partial charge in [0.2, 0.25) is 0 Å². The predicted molar refractivity (Wildman–Crippen MR) is 119 cm³/mol. The molecule has 0 radical (unpaired) electrons. The number of unbranched alkanes of at least 4 members (excludes halogenated alkanes) is 9. The smallest absolute Gasteiger partial charge is 0.105 e. The summed E-state index contributed by atoms with van der Waals surface area (Å²) in [5.41, 5.74) is 1.45. The average molecular weight is 371 g/mol. The Morgan fingerprint density at radius 1 is 0.630 bits per heavy atom. The molecule has 0 bridgehead atoms. The van der Waals surface area contributed by atoms with Gasteiger partial charge in [-0.2, -0.15) is 0 Å². The van der Waals surface area contributed by atoms with E-state index in [0.717, 1.165) is 6.42 Å². The summed E-state index contributed by atoms with van der Waals surface area (Å²) in [6.07, 6.45) is 21.4. The van der Waals surface area contributed by atoms with E-state index in [9.17, 15) is 0 Å². The summed E-state index contributed by atoms with van der Waals surface area (Å²) in [4.78, 5) is 5.18. The Labute approximate surface area is 168 Å². The maximum Gasteiger partial charge on any atom is 0.105 e. The molecule has 1 aromatic rings. The molecule has 0 saturated carbocycles. The van der Waals surface area contributed by atoms with E-state index in [-0.39, 0.29) is 0 Å². The fourth-order valence-electron chi connectivity index (χ4n) is 4.04. The minimum Gasteiger partial charge on any atom is -0.356 e. The van der Waals surface area contributed by atoms with E-state index in [1.165, 1.54) is 89.3 Å². The second kappa shape index (κ2) is 13.7. The van der Waals surface area contributed by atoms with E-state index in [4.69, 9.17) is 0 Å². The maximum absolute atomic E-state index is 2.60.